The second kappa shape index (κ2) is 7.16. The van der Waals surface area contributed by atoms with E-state index in [1.807, 2.05) is 0 Å². The molecule has 1 aromatic rings. The van der Waals surface area contributed by atoms with Crippen LogP contribution in [0.1, 0.15) is 11.1 Å². The molecule has 0 aromatic heterocycles. The summed E-state index contributed by atoms with van der Waals surface area (Å²) in [6.45, 7) is 2.50. The second-order valence-electron chi connectivity index (χ2n) is 3.29. The van der Waals surface area contributed by atoms with Crippen LogP contribution in [0.4, 0.5) is 0 Å². The molecule has 10 heteroatoms. The summed E-state index contributed by atoms with van der Waals surface area (Å²) in [6, 6.07) is 1.78. The Morgan fingerprint density at radius 1 is 0.778 bits per heavy atom. The van der Waals surface area contributed by atoms with Gasteiger partial charge in [-0.25, -0.2) is 16.8 Å². The molecule has 0 amide bonds. The average Bonchev–Trinajstić information content (AvgIpc) is 2.04. The monoisotopic (exact) mass is 310 g/mol. The Morgan fingerprint density at radius 3 is 1.17 bits per heavy atom. The van der Waals surface area contributed by atoms with Gasteiger partial charge in [-0.15, -0.1) is 0 Å². The number of hydrogen-bond acceptors (Lipinski definition) is 6. The van der Waals surface area contributed by atoms with Crippen molar-refractivity contribution in [3.63, 3.8) is 0 Å². The smallest absolute Gasteiger partial charge is 0.744 e. The summed E-state index contributed by atoms with van der Waals surface area (Å²) >= 11 is 0. The molecule has 0 fully saturated rings. The fourth-order valence-electron chi connectivity index (χ4n) is 1.30. The van der Waals surface area contributed by atoms with E-state index in [2.05, 4.69) is 0 Å². The van der Waals surface area contributed by atoms with Gasteiger partial charge in [-0.3, -0.25) is 0 Å². The van der Waals surface area contributed by atoms with Crippen molar-refractivity contribution < 1.29 is 85.1 Å². The van der Waals surface area contributed by atoms with Gasteiger partial charge in [0.1, 0.15) is 20.2 Å². The van der Waals surface area contributed by atoms with Gasteiger partial charge in [0.2, 0.25) is 0 Å². The normalized spacial score (nSPS) is 11.3. The molecule has 0 aliphatic rings. The van der Waals surface area contributed by atoms with Crippen molar-refractivity contribution in [3.8, 4) is 0 Å². The van der Waals surface area contributed by atoms with Gasteiger partial charge in [-0.05, 0) is 37.1 Å². The molecule has 0 spiro atoms. The zero-order valence-corrected chi connectivity index (χ0v) is 16.1. The van der Waals surface area contributed by atoms with E-state index in [1.54, 1.807) is 0 Å². The maximum Gasteiger partial charge on any atom is 1.00 e. The molecule has 90 valence electrons. The van der Waals surface area contributed by atoms with Crippen molar-refractivity contribution in [3.05, 3.63) is 23.3 Å². The maximum atomic E-state index is 10.8. The molecule has 0 aliphatic heterocycles. The van der Waals surface area contributed by atoms with Crippen molar-refractivity contribution >= 4 is 20.2 Å². The van der Waals surface area contributed by atoms with Gasteiger partial charge in [0.15, 0.2) is 0 Å². The molecule has 18 heavy (non-hydrogen) atoms. The molecule has 0 unspecified atom stereocenters. The number of benzene rings is 1. The third-order valence-corrected chi connectivity index (χ3v) is 3.97. The SMILES string of the molecule is Cc1cc(S(=O)(=O)[O-])c(C)cc1S(=O)(=O)[O-].[Na+].[Na+]. The quantitative estimate of drug-likeness (QED) is 0.397. The Labute approximate surface area is 150 Å². The number of hydrogen-bond donors (Lipinski definition) is 0. The van der Waals surface area contributed by atoms with Crippen LogP contribution in [0.3, 0.4) is 0 Å². The molecule has 0 atom stereocenters. The molecule has 1 aromatic carbocycles. The maximum absolute atomic E-state index is 10.8. The van der Waals surface area contributed by atoms with E-state index >= 15 is 0 Å². The fraction of sp³-hybridized carbons (Fsp3) is 0.250. The minimum absolute atomic E-state index is 0. The Bertz CT molecular complexity index is 578. The van der Waals surface area contributed by atoms with Crippen LogP contribution in [0, 0.1) is 13.8 Å². The molecule has 0 saturated heterocycles. The molecule has 0 N–H and O–H groups in total. The van der Waals surface area contributed by atoms with Crippen LogP contribution in [-0.2, 0) is 20.2 Å². The van der Waals surface area contributed by atoms with Crippen LogP contribution in [-0.4, -0.2) is 25.9 Å². The Hall–Kier alpha value is 1.04. The molecule has 6 nitrogen and oxygen atoms in total. The first-order valence-corrected chi connectivity index (χ1v) is 6.88. The topological polar surface area (TPSA) is 114 Å². The second-order valence-corrected chi connectivity index (χ2v) is 5.99. The van der Waals surface area contributed by atoms with Gasteiger partial charge in [-0.2, -0.15) is 0 Å². The summed E-state index contributed by atoms with van der Waals surface area (Å²) in [4.78, 5) is -1.03. The predicted molar refractivity (Wildman–Crippen MR) is 51.8 cm³/mol. The summed E-state index contributed by atoms with van der Waals surface area (Å²) < 4.78 is 64.7. The van der Waals surface area contributed by atoms with E-state index in [0.29, 0.717) is 0 Å². The Morgan fingerprint density at radius 2 is 1.00 bits per heavy atom. The van der Waals surface area contributed by atoms with Crippen LogP contribution in [0.5, 0.6) is 0 Å². The van der Waals surface area contributed by atoms with Gasteiger partial charge in [0.05, 0.1) is 9.79 Å². The molecule has 1 rings (SSSR count). The van der Waals surface area contributed by atoms with E-state index in [1.165, 1.54) is 13.8 Å². The zero-order valence-electron chi connectivity index (χ0n) is 10.4. The minimum Gasteiger partial charge on any atom is -0.744 e. The number of rotatable bonds is 2. The van der Waals surface area contributed by atoms with Crippen LogP contribution < -0.4 is 59.1 Å². The van der Waals surface area contributed by atoms with Gasteiger partial charge < -0.3 is 9.11 Å². The van der Waals surface area contributed by atoms with Crippen molar-refractivity contribution in [2.45, 2.75) is 23.6 Å². The molecular formula is C8H8Na2O6S2. The van der Waals surface area contributed by atoms with Crippen molar-refractivity contribution in [1.29, 1.82) is 0 Å². The molecule has 0 bridgehead atoms. The van der Waals surface area contributed by atoms with Gasteiger partial charge in [-0.1, -0.05) is 0 Å². The first kappa shape index (κ1) is 21.3. The van der Waals surface area contributed by atoms with Gasteiger partial charge >= 0.3 is 59.1 Å². The summed E-state index contributed by atoms with van der Waals surface area (Å²) in [6.07, 6.45) is 0. The van der Waals surface area contributed by atoms with Crippen molar-refractivity contribution in [1.82, 2.24) is 0 Å². The zero-order chi connectivity index (χ0) is 12.7. The summed E-state index contributed by atoms with van der Waals surface area (Å²) in [7, 11) is -9.33. The molecule has 0 heterocycles. The van der Waals surface area contributed by atoms with Gasteiger partial charge in [0.25, 0.3) is 0 Å². The predicted octanol–water partition coefficient (Wildman–Crippen LogP) is -5.88. The van der Waals surface area contributed by atoms with Crippen molar-refractivity contribution in [2.75, 3.05) is 0 Å². The summed E-state index contributed by atoms with van der Waals surface area (Å²) in [5.74, 6) is 0. The largest absolute Gasteiger partial charge is 1.00 e. The summed E-state index contributed by atoms with van der Waals surface area (Å²) in [5.41, 5.74) is -0.120. The first-order valence-electron chi connectivity index (χ1n) is 4.06. The van der Waals surface area contributed by atoms with E-state index in [4.69, 9.17) is 0 Å². The van der Waals surface area contributed by atoms with Crippen molar-refractivity contribution in [2.24, 2.45) is 0 Å². The molecule has 0 saturated carbocycles. The van der Waals surface area contributed by atoms with Crippen LogP contribution in [0.15, 0.2) is 21.9 Å². The van der Waals surface area contributed by atoms with E-state index < -0.39 is 30.0 Å². The van der Waals surface area contributed by atoms with Crippen LogP contribution in [0.2, 0.25) is 0 Å². The standard InChI is InChI=1S/C8H10O6S2.2Na/c1-5-3-8(16(12,13)14)6(2)4-7(5)15(9,10)11;;/h3-4H,1-2H3,(H,9,10,11)(H,12,13,14);;/q;2*+1/p-2. The third-order valence-electron chi connectivity index (χ3n) is 2.01. The van der Waals surface area contributed by atoms with Crippen LogP contribution in [0.25, 0.3) is 0 Å². The third kappa shape index (κ3) is 5.20. The number of aryl methyl sites for hydroxylation is 2. The average molecular weight is 310 g/mol. The Kier molecular flexibility index (Phi) is 8.49. The Balaban J connectivity index is 0. The first-order chi connectivity index (χ1) is 7.03. The molecular weight excluding hydrogens is 302 g/mol. The van der Waals surface area contributed by atoms with Crippen LogP contribution >= 0.6 is 0 Å². The minimum atomic E-state index is -4.67. The molecule has 0 aliphatic carbocycles. The molecule has 0 radical (unpaired) electrons. The van der Waals surface area contributed by atoms with Gasteiger partial charge in [0, 0.05) is 0 Å². The van der Waals surface area contributed by atoms with E-state index in [0.717, 1.165) is 12.1 Å². The van der Waals surface area contributed by atoms with E-state index in [-0.39, 0.29) is 70.2 Å². The fourth-order valence-corrected chi connectivity index (χ4v) is 2.85. The van der Waals surface area contributed by atoms with E-state index in [9.17, 15) is 25.9 Å². The summed E-state index contributed by atoms with van der Waals surface area (Å²) in [5, 5.41) is 0.